The van der Waals surface area contributed by atoms with Crippen LogP contribution in [0.3, 0.4) is 0 Å². The molecule has 1 fully saturated rings. The number of hydrogen-bond acceptors (Lipinski definition) is 4. The van der Waals surface area contributed by atoms with E-state index < -0.39 is 0 Å². The number of carbonyl (C=O) groups is 2. The number of nitrogens with zero attached hydrogens (tertiary/aromatic N) is 4. The molecule has 0 radical (unpaired) electrons. The number of halogens is 1. The van der Waals surface area contributed by atoms with Crippen molar-refractivity contribution < 1.29 is 9.59 Å². The van der Waals surface area contributed by atoms with Crippen LogP contribution in [0.2, 0.25) is 0 Å². The highest BCUT2D eigenvalue weighted by Crippen LogP contribution is 2.17. The Balaban J connectivity index is 1.33. The van der Waals surface area contributed by atoms with Gasteiger partial charge in [-0.2, -0.15) is 5.10 Å². The maximum absolute atomic E-state index is 12.8. The number of aromatic amines is 1. The molecule has 0 aliphatic carbocycles. The van der Waals surface area contributed by atoms with Crippen LogP contribution in [0.15, 0.2) is 59.2 Å². The number of amides is 2. The van der Waals surface area contributed by atoms with Gasteiger partial charge in [-0.3, -0.25) is 19.7 Å². The van der Waals surface area contributed by atoms with E-state index in [4.69, 9.17) is 0 Å². The largest absolute Gasteiger partial charge is 0.339 e. The van der Waals surface area contributed by atoms with Crippen molar-refractivity contribution in [2.75, 3.05) is 26.2 Å². The highest BCUT2D eigenvalue weighted by Gasteiger charge is 2.26. The first kappa shape index (κ1) is 19.3. The Kier molecular flexibility index (Phi) is 5.71. The van der Waals surface area contributed by atoms with Gasteiger partial charge in [0.25, 0.3) is 5.91 Å². The zero-order chi connectivity index (χ0) is 20.2. The Morgan fingerprint density at radius 3 is 2.38 bits per heavy atom. The summed E-state index contributed by atoms with van der Waals surface area (Å²) >= 11 is 3.40. The average molecular weight is 454 g/mol. The van der Waals surface area contributed by atoms with Gasteiger partial charge in [0.1, 0.15) is 11.4 Å². The number of hydrogen-bond donors (Lipinski definition) is 1. The molecule has 7 nitrogen and oxygen atoms in total. The van der Waals surface area contributed by atoms with Crippen LogP contribution in [-0.4, -0.2) is 63.0 Å². The first-order valence-electron chi connectivity index (χ1n) is 9.38. The van der Waals surface area contributed by atoms with Gasteiger partial charge in [0.05, 0.1) is 12.1 Å². The molecule has 0 saturated carbocycles. The number of pyridine rings is 1. The minimum atomic E-state index is -0.111. The molecule has 29 heavy (non-hydrogen) atoms. The second-order valence-corrected chi connectivity index (χ2v) is 7.77. The number of aromatic nitrogens is 3. The van der Waals surface area contributed by atoms with Crippen LogP contribution in [0.4, 0.5) is 0 Å². The van der Waals surface area contributed by atoms with Crippen LogP contribution in [0.1, 0.15) is 16.1 Å². The number of carbonyl (C=O) groups excluding carboxylic acids is 2. The van der Waals surface area contributed by atoms with Gasteiger partial charge in [-0.05, 0) is 35.9 Å². The number of nitrogens with one attached hydrogen (secondary N) is 1. The Labute approximate surface area is 176 Å². The lowest BCUT2D eigenvalue weighted by Crippen LogP contribution is -2.51. The highest BCUT2D eigenvalue weighted by atomic mass is 79.9. The van der Waals surface area contributed by atoms with Gasteiger partial charge >= 0.3 is 0 Å². The fourth-order valence-electron chi connectivity index (χ4n) is 3.29. The lowest BCUT2D eigenvalue weighted by molar-refractivity contribution is -0.131. The summed E-state index contributed by atoms with van der Waals surface area (Å²) in [5, 5.41) is 7.00. The summed E-state index contributed by atoms with van der Waals surface area (Å²) < 4.78 is 0.992. The first-order valence-corrected chi connectivity index (χ1v) is 10.2. The van der Waals surface area contributed by atoms with Gasteiger partial charge in [0.15, 0.2) is 0 Å². The Morgan fingerprint density at radius 1 is 0.966 bits per heavy atom. The highest BCUT2D eigenvalue weighted by molar-refractivity contribution is 9.10. The van der Waals surface area contributed by atoms with Crippen molar-refractivity contribution in [2.45, 2.75) is 6.42 Å². The zero-order valence-electron chi connectivity index (χ0n) is 15.7. The molecule has 0 unspecified atom stereocenters. The van der Waals surface area contributed by atoms with Crippen LogP contribution in [0.5, 0.6) is 0 Å². The van der Waals surface area contributed by atoms with Crippen molar-refractivity contribution >= 4 is 27.7 Å². The van der Waals surface area contributed by atoms with E-state index in [0.717, 1.165) is 10.0 Å². The SMILES string of the molecule is O=C(Cc1ccc(Br)cc1)N1CCN(C(=O)c2cc(-c3ccccn3)n[nH]2)CC1. The fraction of sp³-hybridized carbons (Fsp3) is 0.238. The fourth-order valence-corrected chi connectivity index (χ4v) is 3.56. The maximum atomic E-state index is 12.8. The summed E-state index contributed by atoms with van der Waals surface area (Å²) in [6, 6.07) is 15.0. The Hall–Kier alpha value is -3.00. The topological polar surface area (TPSA) is 82.2 Å². The lowest BCUT2D eigenvalue weighted by Gasteiger charge is -2.34. The van der Waals surface area contributed by atoms with Gasteiger partial charge in [-0.15, -0.1) is 0 Å². The van der Waals surface area contributed by atoms with Gasteiger partial charge in [0.2, 0.25) is 5.91 Å². The zero-order valence-corrected chi connectivity index (χ0v) is 17.3. The van der Waals surface area contributed by atoms with Crippen molar-refractivity contribution in [1.82, 2.24) is 25.0 Å². The van der Waals surface area contributed by atoms with Gasteiger partial charge in [0, 0.05) is 36.8 Å². The van der Waals surface area contributed by atoms with E-state index in [1.54, 1.807) is 17.2 Å². The third-order valence-corrected chi connectivity index (χ3v) is 5.45. The van der Waals surface area contributed by atoms with Crippen LogP contribution in [0, 0.1) is 0 Å². The Bertz CT molecular complexity index is 995. The van der Waals surface area contributed by atoms with Gasteiger partial charge in [-0.1, -0.05) is 34.1 Å². The minimum absolute atomic E-state index is 0.0819. The summed E-state index contributed by atoms with van der Waals surface area (Å²) in [4.78, 5) is 33.1. The normalized spacial score (nSPS) is 14.1. The van der Waals surface area contributed by atoms with Crippen LogP contribution in [-0.2, 0) is 11.2 Å². The van der Waals surface area contributed by atoms with Crippen LogP contribution in [0.25, 0.3) is 11.4 Å². The molecule has 1 aliphatic heterocycles. The van der Waals surface area contributed by atoms with Gasteiger partial charge in [-0.25, -0.2) is 0 Å². The number of benzene rings is 1. The Morgan fingerprint density at radius 2 is 1.69 bits per heavy atom. The summed E-state index contributed by atoms with van der Waals surface area (Å²) in [5.74, 6) is -0.0295. The second-order valence-electron chi connectivity index (χ2n) is 6.86. The number of piperazine rings is 1. The van der Waals surface area contributed by atoms with E-state index in [1.807, 2.05) is 47.4 Å². The molecule has 1 aliphatic rings. The molecule has 0 bridgehead atoms. The molecule has 0 spiro atoms. The molecule has 148 valence electrons. The van der Waals surface area contributed by atoms with Crippen molar-refractivity contribution in [2.24, 2.45) is 0 Å². The van der Waals surface area contributed by atoms with E-state index in [2.05, 4.69) is 31.1 Å². The second kappa shape index (κ2) is 8.57. The predicted octanol–water partition coefficient (Wildman–Crippen LogP) is 2.76. The monoisotopic (exact) mass is 453 g/mol. The van der Waals surface area contributed by atoms with Crippen molar-refractivity contribution in [3.8, 4) is 11.4 Å². The van der Waals surface area contributed by atoms with Crippen molar-refractivity contribution in [3.05, 3.63) is 70.5 Å². The molecular weight excluding hydrogens is 434 g/mol. The molecule has 3 heterocycles. The van der Waals surface area contributed by atoms with Gasteiger partial charge < -0.3 is 9.80 Å². The average Bonchev–Trinajstić information content (AvgIpc) is 3.26. The molecule has 1 saturated heterocycles. The lowest BCUT2D eigenvalue weighted by atomic mass is 10.1. The molecule has 2 aromatic heterocycles. The van der Waals surface area contributed by atoms with E-state index in [9.17, 15) is 9.59 Å². The minimum Gasteiger partial charge on any atom is -0.339 e. The molecule has 1 aromatic carbocycles. The van der Waals surface area contributed by atoms with Crippen molar-refractivity contribution in [1.29, 1.82) is 0 Å². The molecule has 3 aromatic rings. The van der Waals surface area contributed by atoms with Crippen molar-refractivity contribution in [3.63, 3.8) is 0 Å². The standard InChI is InChI=1S/C21H20BrN5O2/c22-16-6-4-15(5-7-16)13-20(28)26-9-11-27(12-10-26)21(29)19-14-18(24-25-19)17-3-1-2-8-23-17/h1-8,14H,9-13H2,(H,24,25). The molecular formula is C21H20BrN5O2. The maximum Gasteiger partial charge on any atom is 0.272 e. The van der Waals surface area contributed by atoms with E-state index in [1.165, 1.54) is 0 Å². The quantitative estimate of drug-likeness (QED) is 0.658. The van der Waals surface area contributed by atoms with E-state index >= 15 is 0 Å². The molecule has 1 N–H and O–H groups in total. The summed E-state index contributed by atoms with van der Waals surface area (Å²) in [5.41, 5.74) is 2.76. The van der Waals surface area contributed by atoms with E-state index in [0.29, 0.717) is 49.7 Å². The molecule has 8 heteroatoms. The summed E-state index contributed by atoms with van der Waals surface area (Å²) in [6.45, 7) is 2.07. The molecule has 4 rings (SSSR count). The first-order chi connectivity index (χ1) is 14.1. The number of H-pyrrole nitrogens is 1. The van der Waals surface area contributed by atoms with E-state index in [-0.39, 0.29) is 11.8 Å². The number of rotatable bonds is 4. The smallest absolute Gasteiger partial charge is 0.272 e. The van der Waals surface area contributed by atoms with Crippen LogP contribution < -0.4 is 0 Å². The third kappa shape index (κ3) is 4.54. The predicted molar refractivity (Wildman–Crippen MR) is 112 cm³/mol. The molecule has 2 amide bonds. The third-order valence-electron chi connectivity index (χ3n) is 4.92. The summed E-state index contributed by atoms with van der Waals surface area (Å²) in [7, 11) is 0. The molecule has 0 atom stereocenters. The summed E-state index contributed by atoms with van der Waals surface area (Å²) in [6.07, 6.45) is 2.06. The van der Waals surface area contributed by atoms with Crippen LogP contribution >= 0.6 is 15.9 Å².